The molecule has 0 unspecified atom stereocenters. The minimum absolute atomic E-state index is 0.0498. The van der Waals surface area contributed by atoms with E-state index in [0.717, 1.165) is 11.4 Å². The Bertz CT molecular complexity index is 617. The van der Waals surface area contributed by atoms with Gasteiger partial charge in [0.15, 0.2) is 0 Å². The highest BCUT2D eigenvalue weighted by molar-refractivity contribution is 6.42. The summed E-state index contributed by atoms with van der Waals surface area (Å²) in [6.45, 7) is 0.536. The van der Waals surface area contributed by atoms with Crippen LogP contribution in [0.1, 0.15) is 6.42 Å². The molecule has 0 fully saturated rings. The SMILES string of the molecule is CN(C(=O)CCNc1ccc(Cl)c(Cl)c1)c1ccccc1. The third kappa shape index (κ3) is 4.38. The van der Waals surface area contributed by atoms with Gasteiger partial charge in [0.25, 0.3) is 0 Å². The Hall–Kier alpha value is -1.71. The average molecular weight is 323 g/mol. The maximum Gasteiger partial charge on any atom is 0.228 e. The summed E-state index contributed by atoms with van der Waals surface area (Å²) in [5, 5.41) is 4.17. The molecule has 3 nitrogen and oxygen atoms in total. The molecule has 2 aromatic carbocycles. The molecule has 0 aliphatic heterocycles. The first-order chi connectivity index (χ1) is 10.1. The van der Waals surface area contributed by atoms with Crippen LogP contribution in [-0.2, 0) is 4.79 Å². The number of hydrogen-bond acceptors (Lipinski definition) is 2. The van der Waals surface area contributed by atoms with Crippen LogP contribution in [0.25, 0.3) is 0 Å². The van der Waals surface area contributed by atoms with E-state index in [0.29, 0.717) is 23.0 Å². The molecule has 0 aliphatic carbocycles. The van der Waals surface area contributed by atoms with Gasteiger partial charge in [-0.15, -0.1) is 0 Å². The number of benzene rings is 2. The zero-order valence-corrected chi connectivity index (χ0v) is 13.2. The molecular weight excluding hydrogens is 307 g/mol. The summed E-state index contributed by atoms with van der Waals surface area (Å²) in [5.74, 6) is 0.0498. The first-order valence-electron chi connectivity index (χ1n) is 6.58. The minimum atomic E-state index is 0.0498. The second-order valence-corrected chi connectivity index (χ2v) is 5.41. The summed E-state index contributed by atoms with van der Waals surface area (Å²) in [4.78, 5) is 13.7. The van der Waals surface area contributed by atoms with Gasteiger partial charge in [-0.2, -0.15) is 0 Å². The van der Waals surface area contributed by atoms with Gasteiger partial charge in [0.05, 0.1) is 10.0 Å². The standard InChI is InChI=1S/C16H16Cl2N2O/c1-20(13-5-3-2-4-6-13)16(21)9-10-19-12-7-8-14(17)15(18)11-12/h2-8,11,19H,9-10H2,1H3. The lowest BCUT2D eigenvalue weighted by atomic mass is 10.2. The fraction of sp³-hybridized carbons (Fsp3) is 0.188. The quantitative estimate of drug-likeness (QED) is 0.881. The Balaban J connectivity index is 1.85. The zero-order chi connectivity index (χ0) is 15.2. The van der Waals surface area contributed by atoms with Crippen LogP contribution in [-0.4, -0.2) is 19.5 Å². The van der Waals surface area contributed by atoms with Crippen molar-refractivity contribution in [2.45, 2.75) is 6.42 Å². The topological polar surface area (TPSA) is 32.3 Å². The minimum Gasteiger partial charge on any atom is -0.384 e. The van der Waals surface area contributed by atoms with E-state index in [9.17, 15) is 4.79 Å². The maximum atomic E-state index is 12.1. The Kier molecular flexibility index (Phi) is 5.48. The number of nitrogens with zero attached hydrogens (tertiary/aromatic N) is 1. The number of rotatable bonds is 5. The van der Waals surface area contributed by atoms with E-state index >= 15 is 0 Å². The van der Waals surface area contributed by atoms with E-state index in [1.165, 1.54) is 0 Å². The fourth-order valence-electron chi connectivity index (χ4n) is 1.88. The number of carbonyl (C=O) groups is 1. The first-order valence-corrected chi connectivity index (χ1v) is 7.34. The zero-order valence-electron chi connectivity index (χ0n) is 11.6. The summed E-state index contributed by atoms with van der Waals surface area (Å²) in [5.41, 5.74) is 1.73. The van der Waals surface area contributed by atoms with Crippen molar-refractivity contribution in [1.82, 2.24) is 0 Å². The molecule has 0 heterocycles. The highest BCUT2D eigenvalue weighted by Crippen LogP contribution is 2.24. The number of carbonyl (C=O) groups excluding carboxylic acids is 1. The fourth-order valence-corrected chi connectivity index (χ4v) is 2.18. The van der Waals surface area contributed by atoms with Crippen molar-refractivity contribution in [3.63, 3.8) is 0 Å². The van der Waals surface area contributed by atoms with Crippen LogP contribution < -0.4 is 10.2 Å². The highest BCUT2D eigenvalue weighted by Gasteiger charge is 2.10. The Morgan fingerprint density at radius 2 is 1.81 bits per heavy atom. The summed E-state index contributed by atoms with van der Waals surface area (Å²) in [6.07, 6.45) is 0.394. The smallest absolute Gasteiger partial charge is 0.228 e. The third-order valence-electron chi connectivity index (χ3n) is 3.11. The molecule has 2 aromatic rings. The normalized spacial score (nSPS) is 10.2. The lowest BCUT2D eigenvalue weighted by Gasteiger charge is -2.17. The molecular formula is C16H16Cl2N2O. The van der Waals surface area contributed by atoms with E-state index < -0.39 is 0 Å². The van der Waals surface area contributed by atoms with Crippen molar-refractivity contribution in [2.75, 3.05) is 23.8 Å². The summed E-state index contributed by atoms with van der Waals surface area (Å²) in [7, 11) is 1.77. The van der Waals surface area contributed by atoms with Gasteiger partial charge in [-0.1, -0.05) is 41.4 Å². The lowest BCUT2D eigenvalue weighted by Crippen LogP contribution is -2.27. The molecule has 1 N–H and O–H groups in total. The number of nitrogens with one attached hydrogen (secondary N) is 1. The monoisotopic (exact) mass is 322 g/mol. The van der Waals surface area contributed by atoms with Gasteiger partial charge in [0.1, 0.15) is 0 Å². The number of para-hydroxylation sites is 1. The van der Waals surface area contributed by atoms with Crippen molar-refractivity contribution in [3.05, 3.63) is 58.6 Å². The number of hydrogen-bond donors (Lipinski definition) is 1. The molecule has 21 heavy (non-hydrogen) atoms. The number of amides is 1. The molecule has 0 spiro atoms. The van der Waals surface area contributed by atoms with Gasteiger partial charge < -0.3 is 10.2 Å². The van der Waals surface area contributed by atoms with Crippen molar-refractivity contribution >= 4 is 40.5 Å². The van der Waals surface area contributed by atoms with E-state index in [4.69, 9.17) is 23.2 Å². The third-order valence-corrected chi connectivity index (χ3v) is 3.84. The highest BCUT2D eigenvalue weighted by atomic mass is 35.5. The number of anilines is 2. The molecule has 0 aromatic heterocycles. The van der Waals surface area contributed by atoms with E-state index in [-0.39, 0.29) is 5.91 Å². The Labute approximate surface area is 134 Å². The lowest BCUT2D eigenvalue weighted by molar-refractivity contribution is -0.118. The second-order valence-electron chi connectivity index (χ2n) is 4.59. The van der Waals surface area contributed by atoms with Crippen LogP contribution in [0.3, 0.4) is 0 Å². The average Bonchev–Trinajstić information content (AvgIpc) is 2.51. The van der Waals surface area contributed by atoms with E-state index in [1.807, 2.05) is 36.4 Å². The van der Waals surface area contributed by atoms with E-state index in [1.54, 1.807) is 24.1 Å². The Morgan fingerprint density at radius 3 is 2.48 bits per heavy atom. The molecule has 0 bridgehead atoms. The van der Waals surface area contributed by atoms with Crippen molar-refractivity contribution in [3.8, 4) is 0 Å². The molecule has 110 valence electrons. The van der Waals surface area contributed by atoms with Crippen LogP contribution in [0.2, 0.25) is 10.0 Å². The maximum absolute atomic E-state index is 12.1. The molecule has 0 atom stereocenters. The molecule has 0 aliphatic rings. The predicted molar refractivity (Wildman–Crippen MR) is 89.4 cm³/mol. The summed E-state index contributed by atoms with van der Waals surface area (Å²) in [6, 6.07) is 14.9. The van der Waals surface area contributed by atoms with Gasteiger partial charge in [-0.3, -0.25) is 4.79 Å². The summed E-state index contributed by atoms with van der Waals surface area (Å²) >= 11 is 11.8. The van der Waals surface area contributed by atoms with Crippen LogP contribution >= 0.6 is 23.2 Å². The molecule has 0 radical (unpaired) electrons. The van der Waals surface area contributed by atoms with E-state index in [2.05, 4.69) is 5.32 Å². The van der Waals surface area contributed by atoms with Gasteiger partial charge in [-0.05, 0) is 30.3 Å². The molecule has 0 saturated carbocycles. The second kappa shape index (κ2) is 7.34. The summed E-state index contributed by atoms with van der Waals surface area (Å²) < 4.78 is 0. The van der Waals surface area contributed by atoms with Gasteiger partial charge in [0, 0.05) is 31.4 Å². The van der Waals surface area contributed by atoms with Crippen LogP contribution in [0.15, 0.2) is 48.5 Å². The van der Waals surface area contributed by atoms with Crippen LogP contribution in [0.4, 0.5) is 11.4 Å². The van der Waals surface area contributed by atoms with Gasteiger partial charge in [0.2, 0.25) is 5.91 Å². The van der Waals surface area contributed by atoms with Crippen molar-refractivity contribution < 1.29 is 4.79 Å². The molecule has 5 heteroatoms. The van der Waals surface area contributed by atoms with Crippen molar-refractivity contribution in [2.24, 2.45) is 0 Å². The molecule has 2 rings (SSSR count). The van der Waals surface area contributed by atoms with Crippen molar-refractivity contribution in [1.29, 1.82) is 0 Å². The van der Waals surface area contributed by atoms with Gasteiger partial charge in [-0.25, -0.2) is 0 Å². The Morgan fingerprint density at radius 1 is 1.10 bits per heavy atom. The van der Waals surface area contributed by atoms with Gasteiger partial charge >= 0.3 is 0 Å². The molecule has 1 amide bonds. The van der Waals surface area contributed by atoms with Crippen LogP contribution in [0, 0.1) is 0 Å². The van der Waals surface area contributed by atoms with Crippen LogP contribution in [0.5, 0.6) is 0 Å². The largest absolute Gasteiger partial charge is 0.384 e. The molecule has 0 saturated heterocycles. The first kappa shape index (κ1) is 15.7. The number of halogens is 2. The predicted octanol–water partition coefficient (Wildman–Crippen LogP) is 4.46.